The molecule has 1 saturated carbocycles. The van der Waals surface area contributed by atoms with Crippen molar-refractivity contribution in [1.29, 1.82) is 0 Å². The monoisotopic (exact) mass is 416 g/mol. The van der Waals surface area contributed by atoms with E-state index in [0.29, 0.717) is 18.0 Å². The number of sulfonamides is 1. The van der Waals surface area contributed by atoms with Crippen molar-refractivity contribution in [2.24, 2.45) is 0 Å². The van der Waals surface area contributed by atoms with E-state index >= 15 is 0 Å². The van der Waals surface area contributed by atoms with Gasteiger partial charge in [-0.25, -0.2) is 8.42 Å². The molecule has 0 aliphatic heterocycles. The Bertz CT molecular complexity index is 967. The molecule has 156 valence electrons. The van der Waals surface area contributed by atoms with Crippen molar-refractivity contribution >= 4 is 15.9 Å². The second-order valence-electron chi connectivity index (χ2n) is 7.69. The largest absolute Gasteiger partial charge is 0.331 e. The summed E-state index contributed by atoms with van der Waals surface area (Å²) in [5, 5.41) is 0. The number of hydrogen-bond donors (Lipinski definition) is 0. The molecular formula is C22H28N2O4S. The summed E-state index contributed by atoms with van der Waals surface area (Å²) in [4.78, 5) is 19.9. The van der Waals surface area contributed by atoms with Gasteiger partial charge >= 0.3 is 0 Å². The van der Waals surface area contributed by atoms with Gasteiger partial charge in [0.1, 0.15) is 0 Å². The number of benzene rings is 2. The van der Waals surface area contributed by atoms with Gasteiger partial charge in [0.05, 0.1) is 12.0 Å². The normalized spacial score (nSPS) is 14.4. The fraction of sp³-hybridized carbons (Fsp3) is 0.409. The van der Waals surface area contributed by atoms with Gasteiger partial charge in [-0.3, -0.25) is 9.63 Å². The fourth-order valence-electron chi connectivity index (χ4n) is 3.16. The Balaban J connectivity index is 1.84. The summed E-state index contributed by atoms with van der Waals surface area (Å²) in [7, 11) is -1.20. The Hall–Kier alpha value is -2.22. The summed E-state index contributed by atoms with van der Waals surface area (Å²) in [6, 6.07) is 14.7. The van der Waals surface area contributed by atoms with E-state index in [0.717, 1.165) is 22.9 Å². The zero-order valence-electron chi connectivity index (χ0n) is 17.3. The lowest BCUT2D eigenvalue weighted by molar-refractivity contribution is -0.0258. The molecule has 29 heavy (non-hydrogen) atoms. The van der Waals surface area contributed by atoms with E-state index in [1.54, 1.807) is 12.1 Å². The predicted octanol–water partition coefficient (Wildman–Crippen LogP) is 3.80. The highest BCUT2D eigenvalue weighted by Gasteiger charge is 2.33. The first-order chi connectivity index (χ1) is 13.7. The third kappa shape index (κ3) is 4.86. The van der Waals surface area contributed by atoms with E-state index in [9.17, 15) is 13.2 Å². The first-order valence-electron chi connectivity index (χ1n) is 9.77. The van der Waals surface area contributed by atoms with Crippen LogP contribution in [0.2, 0.25) is 0 Å². The highest BCUT2D eigenvalue weighted by molar-refractivity contribution is 7.89. The van der Waals surface area contributed by atoms with E-state index in [-0.39, 0.29) is 16.8 Å². The van der Waals surface area contributed by atoms with Crippen LogP contribution in [0, 0.1) is 0 Å². The van der Waals surface area contributed by atoms with Crippen LogP contribution in [-0.4, -0.2) is 43.9 Å². The van der Waals surface area contributed by atoms with Crippen LogP contribution in [0.25, 0.3) is 0 Å². The number of hydrogen-bond acceptors (Lipinski definition) is 4. The van der Waals surface area contributed by atoms with Crippen LogP contribution in [0.3, 0.4) is 0 Å². The molecule has 0 saturated heterocycles. The summed E-state index contributed by atoms with van der Waals surface area (Å²) in [5.74, 6) is 0.303. The molecule has 0 radical (unpaired) electrons. The van der Waals surface area contributed by atoms with Gasteiger partial charge in [0.25, 0.3) is 15.9 Å². The first kappa shape index (κ1) is 21.5. The number of carbonyl (C=O) groups excluding carboxylic acids is 1. The number of nitrogens with zero attached hydrogens (tertiary/aromatic N) is 2. The highest BCUT2D eigenvalue weighted by Crippen LogP contribution is 2.30. The van der Waals surface area contributed by atoms with Gasteiger partial charge in [-0.2, -0.15) is 0 Å². The summed E-state index contributed by atoms with van der Waals surface area (Å²) in [6.45, 7) is 4.81. The van der Waals surface area contributed by atoms with Crippen LogP contribution in [0.4, 0.5) is 0 Å². The minimum Gasteiger partial charge on any atom is -0.331 e. The van der Waals surface area contributed by atoms with E-state index < -0.39 is 10.0 Å². The van der Waals surface area contributed by atoms with Gasteiger partial charge in [-0.15, -0.1) is 0 Å². The van der Waals surface area contributed by atoms with E-state index in [1.807, 2.05) is 4.90 Å². The standard InChI is InChI=1S/C22H28N2O4S/c1-16(2)18-10-8-17(9-11-18)15-24(20-12-13-20)22(25)19-6-5-7-21(14-19)29(26,27)23(3)28-4/h5-11,14,16,20H,12-13,15H2,1-4H3. The smallest absolute Gasteiger partial charge is 0.264 e. The molecule has 1 amide bonds. The SMILES string of the molecule is CON(C)S(=O)(=O)c1cccc(C(=O)N(Cc2ccc(C(C)C)cc2)C2CC2)c1. The maximum absolute atomic E-state index is 13.2. The summed E-state index contributed by atoms with van der Waals surface area (Å²) in [5.41, 5.74) is 2.69. The minimum atomic E-state index is -3.81. The summed E-state index contributed by atoms with van der Waals surface area (Å²) < 4.78 is 25.8. The molecule has 1 aliphatic carbocycles. The Morgan fingerprint density at radius 1 is 1.14 bits per heavy atom. The summed E-state index contributed by atoms with van der Waals surface area (Å²) >= 11 is 0. The molecule has 0 bridgehead atoms. The lowest BCUT2D eigenvalue weighted by Gasteiger charge is -2.23. The molecule has 6 nitrogen and oxygen atoms in total. The number of carbonyl (C=O) groups is 1. The van der Waals surface area contributed by atoms with Gasteiger partial charge in [0, 0.05) is 25.2 Å². The van der Waals surface area contributed by atoms with Crippen molar-refractivity contribution in [1.82, 2.24) is 9.37 Å². The zero-order chi connectivity index (χ0) is 21.2. The van der Waals surface area contributed by atoms with Crippen molar-refractivity contribution in [3.63, 3.8) is 0 Å². The van der Waals surface area contributed by atoms with Crippen LogP contribution in [-0.2, 0) is 21.4 Å². The van der Waals surface area contributed by atoms with Crippen molar-refractivity contribution in [2.45, 2.75) is 50.1 Å². The quantitative estimate of drug-likeness (QED) is 0.614. The lowest BCUT2D eigenvalue weighted by Crippen LogP contribution is -2.33. The van der Waals surface area contributed by atoms with Crippen LogP contribution >= 0.6 is 0 Å². The number of rotatable bonds is 8. The third-order valence-corrected chi connectivity index (χ3v) is 6.90. The van der Waals surface area contributed by atoms with Crippen molar-refractivity contribution in [2.75, 3.05) is 14.2 Å². The predicted molar refractivity (Wildman–Crippen MR) is 112 cm³/mol. The van der Waals surface area contributed by atoms with Gasteiger partial charge in [-0.1, -0.05) is 48.6 Å². The van der Waals surface area contributed by atoms with Crippen LogP contribution in [0.15, 0.2) is 53.4 Å². The maximum Gasteiger partial charge on any atom is 0.264 e. The van der Waals surface area contributed by atoms with E-state index in [4.69, 9.17) is 4.84 Å². The second-order valence-corrected chi connectivity index (χ2v) is 9.62. The average Bonchev–Trinajstić information content (AvgIpc) is 3.56. The molecule has 7 heteroatoms. The van der Waals surface area contributed by atoms with Crippen molar-refractivity contribution in [3.05, 3.63) is 65.2 Å². The molecular weight excluding hydrogens is 388 g/mol. The van der Waals surface area contributed by atoms with Gasteiger partial charge in [0.2, 0.25) is 0 Å². The van der Waals surface area contributed by atoms with Gasteiger partial charge in [-0.05, 0) is 48.1 Å². The maximum atomic E-state index is 13.2. The molecule has 0 heterocycles. The Morgan fingerprint density at radius 3 is 2.34 bits per heavy atom. The molecule has 0 spiro atoms. The Morgan fingerprint density at radius 2 is 1.79 bits per heavy atom. The molecule has 0 atom stereocenters. The second kappa shape index (κ2) is 8.65. The molecule has 1 fully saturated rings. The minimum absolute atomic E-state index is 0.0322. The average molecular weight is 417 g/mol. The molecule has 2 aromatic rings. The summed E-state index contributed by atoms with van der Waals surface area (Å²) in [6.07, 6.45) is 1.94. The Labute approximate surface area is 173 Å². The third-order valence-electron chi connectivity index (χ3n) is 5.22. The molecule has 0 N–H and O–H groups in total. The lowest BCUT2D eigenvalue weighted by atomic mass is 10.0. The molecule has 0 unspecified atom stereocenters. The molecule has 3 rings (SSSR count). The topological polar surface area (TPSA) is 66.9 Å². The number of hydroxylamine groups is 1. The van der Waals surface area contributed by atoms with E-state index in [1.165, 1.54) is 31.9 Å². The zero-order valence-corrected chi connectivity index (χ0v) is 18.1. The fourth-order valence-corrected chi connectivity index (χ4v) is 4.18. The van der Waals surface area contributed by atoms with Crippen LogP contribution in [0.5, 0.6) is 0 Å². The van der Waals surface area contributed by atoms with Gasteiger partial charge < -0.3 is 4.90 Å². The van der Waals surface area contributed by atoms with Crippen molar-refractivity contribution in [3.8, 4) is 0 Å². The molecule has 0 aromatic heterocycles. The first-order valence-corrected chi connectivity index (χ1v) is 11.2. The molecule has 1 aliphatic rings. The van der Waals surface area contributed by atoms with Crippen LogP contribution in [0.1, 0.15) is 54.1 Å². The number of amides is 1. The van der Waals surface area contributed by atoms with Crippen molar-refractivity contribution < 1.29 is 18.0 Å². The highest BCUT2D eigenvalue weighted by atomic mass is 32.2. The Kier molecular flexibility index (Phi) is 6.41. The van der Waals surface area contributed by atoms with E-state index in [2.05, 4.69) is 38.1 Å². The molecule has 2 aromatic carbocycles. The van der Waals surface area contributed by atoms with Crippen LogP contribution < -0.4 is 0 Å². The van der Waals surface area contributed by atoms with Gasteiger partial charge in [0.15, 0.2) is 0 Å².